The molecule has 138 valence electrons. The summed E-state index contributed by atoms with van der Waals surface area (Å²) >= 11 is 0. The molecule has 6 nitrogen and oxygen atoms in total. The van der Waals surface area contributed by atoms with E-state index < -0.39 is 6.04 Å². The predicted molar refractivity (Wildman–Crippen MR) is 103 cm³/mol. The smallest absolute Gasteiger partial charge is 0.257 e. The number of aryl methyl sites for hydroxylation is 2. The van der Waals surface area contributed by atoms with Crippen LogP contribution in [-0.4, -0.2) is 28.0 Å². The Labute approximate surface area is 157 Å². The van der Waals surface area contributed by atoms with Gasteiger partial charge in [-0.3, -0.25) is 9.59 Å². The minimum atomic E-state index is -0.573. The van der Waals surface area contributed by atoms with Crippen LogP contribution in [0.25, 0.3) is 11.0 Å². The van der Waals surface area contributed by atoms with Crippen molar-refractivity contribution in [3.63, 3.8) is 0 Å². The van der Waals surface area contributed by atoms with Gasteiger partial charge in [0.05, 0.1) is 36.1 Å². The topological polar surface area (TPSA) is 64.4 Å². The summed E-state index contributed by atoms with van der Waals surface area (Å²) in [5, 5.41) is 0. The van der Waals surface area contributed by atoms with Crippen LogP contribution in [0.1, 0.15) is 30.5 Å². The molecule has 2 heterocycles. The Hall–Kier alpha value is -3.15. The summed E-state index contributed by atoms with van der Waals surface area (Å²) in [6.45, 7) is 6.53. The Morgan fingerprint density at radius 1 is 1.11 bits per heavy atom. The molecule has 0 bridgehead atoms. The Morgan fingerprint density at radius 2 is 1.81 bits per heavy atom. The predicted octanol–water partition coefficient (Wildman–Crippen LogP) is 3.56. The molecule has 0 N–H and O–H groups in total. The fraction of sp³-hybridized carbons (Fsp3) is 0.286. The first-order chi connectivity index (χ1) is 13.0. The van der Waals surface area contributed by atoms with Crippen molar-refractivity contribution in [2.75, 3.05) is 11.5 Å². The number of imide groups is 1. The quantitative estimate of drug-likeness (QED) is 0.665. The molecule has 0 unspecified atom stereocenters. The van der Waals surface area contributed by atoms with Crippen molar-refractivity contribution in [1.82, 2.24) is 9.55 Å². The van der Waals surface area contributed by atoms with E-state index in [1.165, 1.54) is 4.90 Å². The molecule has 1 atom stereocenters. The molecule has 6 heteroatoms. The number of carbonyl (C=O) groups excluding carboxylic acids is 2. The van der Waals surface area contributed by atoms with Gasteiger partial charge in [-0.1, -0.05) is 0 Å². The van der Waals surface area contributed by atoms with E-state index in [9.17, 15) is 9.59 Å². The van der Waals surface area contributed by atoms with Crippen molar-refractivity contribution in [3.8, 4) is 5.75 Å². The summed E-state index contributed by atoms with van der Waals surface area (Å²) in [6, 6.07) is 10.5. The fourth-order valence-corrected chi connectivity index (χ4v) is 3.49. The zero-order valence-corrected chi connectivity index (χ0v) is 15.6. The van der Waals surface area contributed by atoms with Gasteiger partial charge < -0.3 is 9.30 Å². The number of rotatable bonds is 4. The zero-order chi connectivity index (χ0) is 19.1. The monoisotopic (exact) mass is 363 g/mol. The molecule has 2 aromatic carbocycles. The van der Waals surface area contributed by atoms with Gasteiger partial charge in [-0.2, -0.15) is 0 Å². The number of nitrogens with zero attached hydrogens (tertiary/aromatic N) is 3. The summed E-state index contributed by atoms with van der Waals surface area (Å²) in [7, 11) is 0. The van der Waals surface area contributed by atoms with Crippen molar-refractivity contribution in [2.45, 2.75) is 33.2 Å². The average molecular weight is 363 g/mol. The fourth-order valence-electron chi connectivity index (χ4n) is 3.49. The molecule has 1 aliphatic heterocycles. The van der Waals surface area contributed by atoms with Gasteiger partial charge in [0.25, 0.3) is 5.91 Å². The van der Waals surface area contributed by atoms with Gasteiger partial charge in [0.1, 0.15) is 11.8 Å². The molecular weight excluding hydrogens is 342 g/mol. The maximum absolute atomic E-state index is 13.0. The molecule has 4 rings (SSSR count). The van der Waals surface area contributed by atoms with Crippen molar-refractivity contribution in [3.05, 3.63) is 53.9 Å². The molecule has 3 aromatic rings. The second-order valence-electron chi connectivity index (χ2n) is 6.79. The lowest BCUT2D eigenvalue weighted by Gasteiger charge is -2.16. The Morgan fingerprint density at radius 3 is 2.52 bits per heavy atom. The summed E-state index contributed by atoms with van der Waals surface area (Å²) < 4.78 is 7.24. The number of anilines is 1. The zero-order valence-electron chi connectivity index (χ0n) is 15.6. The SMILES string of the molecule is CCOc1ccc(N2C(=O)C[C@H](n3cnc4cc(C)c(C)cc43)C2=O)cc1. The van der Waals surface area contributed by atoms with E-state index in [0.717, 1.165) is 22.2 Å². The van der Waals surface area contributed by atoms with E-state index in [-0.39, 0.29) is 18.2 Å². The lowest BCUT2D eigenvalue weighted by molar-refractivity contribution is -0.122. The minimum absolute atomic E-state index is 0.129. The van der Waals surface area contributed by atoms with Crippen molar-refractivity contribution < 1.29 is 14.3 Å². The number of carbonyl (C=O) groups is 2. The maximum Gasteiger partial charge on any atom is 0.257 e. The third-order valence-electron chi connectivity index (χ3n) is 5.05. The molecule has 1 aliphatic rings. The van der Waals surface area contributed by atoms with Crippen LogP contribution >= 0.6 is 0 Å². The summed E-state index contributed by atoms with van der Waals surface area (Å²) in [5.41, 5.74) is 4.55. The number of amides is 2. The molecule has 1 saturated heterocycles. The second-order valence-corrected chi connectivity index (χ2v) is 6.79. The summed E-state index contributed by atoms with van der Waals surface area (Å²) in [6.07, 6.45) is 1.78. The largest absolute Gasteiger partial charge is 0.494 e. The summed E-state index contributed by atoms with van der Waals surface area (Å²) in [5.74, 6) is 0.268. The highest BCUT2D eigenvalue weighted by Gasteiger charge is 2.41. The Kier molecular flexibility index (Phi) is 4.18. The molecule has 0 spiro atoms. The molecule has 0 saturated carbocycles. The third-order valence-corrected chi connectivity index (χ3v) is 5.05. The average Bonchev–Trinajstić information content (AvgIpc) is 3.17. The van der Waals surface area contributed by atoms with Crippen LogP contribution in [-0.2, 0) is 9.59 Å². The molecule has 1 fully saturated rings. The van der Waals surface area contributed by atoms with Crippen LogP contribution in [0.4, 0.5) is 5.69 Å². The number of hydrogen-bond acceptors (Lipinski definition) is 4. The van der Waals surface area contributed by atoms with E-state index in [2.05, 4.69) is 4.98 Å². The molecule has 0 aliphatic carbocycles. The Bertz CT molecular complexity index is 1040. The van der Waals surface area contributed by atoms with Gasteiger partial charge in [0, 0.05) is 0 Å². The van der Waals surface area contributed by atoms with E-state index >= 15 is 0 Å². The maximum atomic E-state index is 13.0. The first-order valence-electron chi connectivity index (χ1n) is 9.03. The summed E-state index contributed by atoms with van der Waals surface area (Å²) in [4.78, 5) is 31.3. The van der Waals surface area contributed by atoms with Crippen LogP contribution in [0.15, 0.2) is 42.7 Å². The third kappa shape index (κ3) is 2.87. The van der Waals surface area contributed by atoms with Crippen molar-refractivity contribution >= 4 is 28.5 Å². The number of fused-ring (bicyclic) bond motifs is 1. The van der Waals surface area contributed by atoms with Gasteiger partial charge in [0.15, 0.2) is 0 Å². The molecule has 0 radical (unpaired) electrons. The minimum Gasteiger partial charge on any atom is -0.494 e. The first-order valence-corrected chi connectivity index (χ1v) is 9.03. The van der Waals surface area contributed by atoms with E-state index in [0.29, 0.717) is 18.0 Å². The van der Waals surface area contributed by atoms with Crippen LogP contribution in [0.5, 0.6) is 5.75 Å². The van der Waals surface area contributed by atoms with Gasteiger partial charge in [-0.15, -0.1) is 0 Å². The van der Waals surface area contributed by atoms with E-state index in [1.54, 1.807) is 30.6 Å². The molecule has 2 amide bonds. The van der Waals surface area contributed by atoms with Crippen molar-refractivity contribution in [2.24, 2.45) is 0 Å². The Balaban J connectivity index is 1.68. The van der Waals surface area contributed by atoms with Crippen LogP contribution in [0.2, 0.25) is 0 Å². The highest BCUT2D eigenvalue weighted by Crippen LogP contribution is 2.33. The molecular formula is C21H21N3O3. The lowest BCUT2D eigenvalue weighted by Crippen LogP contribution is -2.31. The second kappa shape index (κ2) is 6.54. The number of ether oxygens (including phenoxy) is 1. The molecule has 27 heavy (non-hydrogen) atoms. The van der Waals surface area contributed by atoms with Crippen LogP contribution in [0.3, 0.4) is 0 Å². The van der Waals surface area contributed by atoms with Crippen molar-refractivity contribution in [1.29, 1.82) is 0 Å². The highest BCUT2D eigenvalue weighted by atomic mass is 16.5. The van der Waals surface area contributed by atoms with Gasteiger partial charge in [-0.25, -0.2) is 9.88 Å². The van der Waals surface area contributed by atoms with E-state index in [1.807, 2.05) is 37.5 Å². The standard InChI is InChI=1S/C21H21N3O3/c1-4-27-16-7-5-15(6-8-16)24-20(25)11-19(21(24)26)23-12-22-17-9-13(2)14(3)10-18(17)23/h5-10,12,19H,4,11H2,1-3H3/t19-/m0/s1. The number of benzene rings is 2. The van der Waals surface area contributed by atoms with E-state index in [4.69, 9.17) is 4.74 Å². The van der Waals surface area contributed by atoms with Gasteiger partial charge in [-0.05, 0) is 68.3 Å². The highest BCUT2D eigenvalue weighted by molar-refractivity contribution is 6.21. The first kappa shape index (κ1) is 17.3. The number of hydrogen-bond donors (Lipinski definition) is 0. The normalized spacial score (nSPS) is 17.1. The van der Waals surface area contributed by atoms with Crippen LogP contribution < -0.4 is 9.64 Å². The number of imidazole rings is 1. The van der Waals surface area contributed by atoms with Crippen LogP contribution in [0, 0.1) is 13.8 Å². The lowest BCUT2D eigenvalue weighted by atomic mass is 10.1. The van der Waals surface area contributed by atoms with Gasteiger partial charge >= 0.3 is 0 Å². The number of aromatic nitrogens is 2. The van der Waals surface area contributed by atoms with Gasteiger partial charge in [0.2, 0.25) is 5.91 Å². The molecule has 1 aromatic heterocycles.